The summed E-state index contributed by atoms with van der Waals surface area (Å²) in [5.74, 6) is 0.722. The van der Waals surface area contributed by atoms with Gasteiger partial charge in [0.25, 0.3) is 0 Å². The third-order valence-corrected chi connectivity index (χ3v) is 3.89. The van der Waals surface area contributed by atoms with Gasteiger partial charge in [-0.15, -0.1) is 0 Å². The fourth-order valence-electron chi connectivity index (χ4n) is 2.33. The number of aryl methyl sites for hydroxylation is 3. The molecule has 0 fully saturated rings. The van der Waals surface area contributed by atoms with Crippen LogP contribution in [0.3, 0.4) is 0 Å². The van der Waals surface area contributed by atoms with Gasteiger partial charge in [0, 0.05) is 19.2 Å². The molecule has 1 N–H and O–H groups in total. The normalized spacial score (nSPS) is 12.9. The lowest BCUT2D eigenvalue weighted by atomic mass is 9.96. The van der Waals surface area contributed by atoms with Crippen LogP contribution in [0.2, 0.25) is 0 Å². The van der Waals surface area contributed by atoms with E-state index in [1.165, 1.54) is 22.3 Å². The molecule has 1 aromatic carbocycles. The molecule has 1 unspecified atom stereocenters. The van der Waals surface area contributed by atoms with E-state index in [4.69, 9.17) is 4.74 Å². The summed E-state index contributed by atoms with van der Waals surface area (Å²) in [5.41, 5.74) is 5.51. The van der Waals surface area contributed by atoms with Gasteiger partial charge < -0.3 is 10.1 Å². The average Bonchev–Trinajstić information content (AvgIpc) is 2.37. The highest BCUT2D eigenvalue weighted by atomic mass is 16.5. The summed E-state index contributed by atoms with van der Waals surface area (Å²) in [6.07, 6.45) is 1.14. The van der Waals surface area contributed by atoms with Crippen LogP contribution in [0, 0.1) is 26.7 Å². The van der Waals surface area contributed by atoms with E-state index in [0.717, 1.165) is 32.1 Å². The van der Waals surface area contributed by atoms with Crippen molar-refractivity contribution in [3.63, 3.8) is 0 Å². The van der Waals surface area contributed by atoms with Crippen molar-refractivity contribution < 1.29 is 4.74 Å². The second-order valence-electron chi connectivity index (χ2n) is 6.26. The third-order valence-electron chi connectivity index (χ3n) is 3.89. The molecule has 114 valence electrons. The predicted octanol–water partition coefficient (Wildman–Crippen LogP) is 4.33. The summed E-state index contributed by atoms with van der Waals surface area (Å²) in [6, 6.07) is 4.97. The lowest BCUT2D eigenvalue weighted by molar-refractivity contribution is 0.123. The molecule has 0 saturated carbocycles. The maximum atomic E-state index is 5.64. The second kappa shape index (κ2) is 8.43. The van der Waals surface area contributed by atoms with Gasteiger partial charge in [0.1, 0.15) is 0 Å². The molecule has 0 heterocycles. The Bertz CT molecular complexity index is 412. The monoisotopic (exact) mass is 277 g/mol. The largest absolute Gasteiger partial charge is 0.380 e. The minimum Gasteiger partial charge on any atom is -0.380 e. The molecular formula is C18H31NO. The van der Waals surface area contributed by atoms with Gasteiger partial charge in [0.05, 0.1) is 6.61 Å². The Morgan fingerprint density at radius 1 is 0.950 bits per heavy atom. The van der Waals surface area contributed by atoms with Crippen LogP contribution in [-0.2, 0) is 4.74 Å². The number of ether oxygens (including phenoxy) is 1. The minimum atomic E-state index is 0.378. The fourth-order valence-corrected chi connectivity index (χ4v) is 2.33. The molecule has 0 aliphatic rings. The molecule has 0 bridgehead atoms. The molecule has 0 saturated heterocycles. The molecule has 1 rings (SSSR count). The maximum absolute atomic E-state index is 5.64. The first-order chi connectivity index (χ1) is 9.41. The van der Waals surface area contributed by atoms with Crippen LogP contribution < -0.4 is 5.32 Å². The van der Waals surface area contributed by atoms with E-state index in [-0.39, 0.29) is 0 Å². The van der Waals surface area contributed by atoms with E-state index in [1.807, 2.05) is 0 Å². The second-order valence-corrected chi connectivity index (χ2v) is 6.26. The zero-order chi connectivity index (χ0) is 15.1. The fraction of sp³-hybridized carbons (Fsp3) is 0.667. The topological polar surface area (TPSA) is 21.3 Å². The van der Waals surface area contributed by atoms with E-state index in [2.05, 4.69) is 59.0 Å². The SMILES string of the molecule is Cc1cc(C)c(C(C)NCCOCCC(C)C)cc1C. The lowest BCUT2D eigenvalue weighted by Gasteiger charge is -2.18. The molecule has 0 aromatic heterocycles. The first kappa shape index (κ1) is 17.2. The van der Waals surface area contributed by atoms with Gasteiger partial charge in [-0.25, -0.2) is 0 Å². The van der Waals surface area contributed by atoms with Gasteiger partial charge >= 0.3 is 0 Å². The van der Waals surface area contributed by atoms with E-state index in [9.17, 15) is 0 Å². The van der Waals surface area contributed by atoms with Crippen LogP contribution in [0.25, 0.3) is 0 Å². The quantitative estimate of drug-likeness (QED) is 0.714. The molecule has 2 heteroatoms. The van der Waals surface area contributed by atoms with E-state index >= 15 is 0 Å². The number of nitrogens with one attached hydrogen (secondary N) is 1. The van der Waals surface area contributed by atoms with Crippen LogP contribution in [0.5, 0.6) is 0 Å². The van der Waals surface area contributed by atoms with Crippen molar-refractivity contribution in [2.45, 2.75) is 54.0 Å². The highest BCUT2D eigenvalue weighted by molar-refractivity contribution is 5.37. The maximum Gasteiger partial charge on any atom is 0.0591 e. The van der Waals surface area contributed by atoms with Gasteiger partial charge in [-0.3, -0.25) is 0 Å². The Balaban J connectivity index is 2.36. The van der Waals surface area contributed by atoms with Gasteiger partial charge in [-0.1, -0.05) is 26.0 Å². The summed E-state index contributed by atoms with van der Waals surface area (Å²) in [6.45, 7) is 15.8. The first-order valence-electron chi connectivity index (χ1n) is 7.80. The summed E-state index contributed by atoms with van der Waals surface area (Å²) in [4.78, 5) is 0. The molecule has 20 heavy (non-hydrogen) atoms. The molecule has 0 spiro atoms. The van der Waals surface area contributed by atoms with Crippen molar-refractivity contribution >= 4 is 0 Å². The van der Waals surface area contributed by atoms with Crippen LogP contribution in [0.15, 0.2) is 12.1 Å². The number of hydrogen-bond donors (Lipinski definition) is 1. The molecule has 0 aliphatic heterocycles. The van der Waals surface area contributed by atoms with Gasteiger partial charge in [-0.05, 0) is 62.3 Å². The van der Waals surface area contributed by atoms with Crippen molar-refractivity contribution in [2.24, 2.45) is 5.92 Å². The molecule has 0 aliphatic carbocycles. The minimum absolute atomic E-state index is 0.378. The molecule has 0 amide bonds. The van der Waals surface area contributed by atoms with Crippen LogP contribution >= 0.6 is 0 Å². The molecule has 0 radical (unpaired) electrons. The Kier molecular flexibility index (Phi) is 7.25. The lowest BCUT2D eigenvalue weighted by Crippen LogP contribution is -2.24. The smallest absolute Gasteiger partial charge is 0.0591 e. The Labute approximate surface area is 124 Å². The third kappa shape index (κ3) is 5.64. The Morgan fingerprint density at radius 2 is 1.60 bits per heavy atom. The van der Waals surface area contributed by atoms with Crippen molar-refractivity contribution in [1.29, 1.82) is 0 Å². The number of hydrogen-bond acceptors (Lipinski definition) is 2. The first-order valence-corrected chi connectivity index (χ1v) is 7.80. The van der Waals surface area contributed by atoms with Crippen molar-refractivity contribution in [2.75, 3.05) is 19.8 Å². The van der Waals surface area contributed by atoms with Crippen molar-refractivity contribution in [3.8, 4) is 0 Å². The summed E-state index contributed by atoms with van der Waals surface area (Å²) < 4.78 is 5.64. The summed E-state index contributed by atoms with van der Waals surface area (Å²) >= 11 is 0. The zero-order valence-corrected chi connectivity index (χ0v) is 14.0. The Hall–Kier alpha value is -0.860. The standard InChI is InChI=1S/C18H31NO/c1-13(2)7-9-20-10-8-19-17(6)18-12-15(4)14(3)11-16(18)5/h11-13,17,19H,7-10H2,1-6H3. The van der Waals surface area contributed by atoms with Gasteiger partial charge in [0.15, 0.2) is 0 Å². The van der Waals surface area contributed by atoms with Crippen molar-refractivity contribution in [1.82, 2.24) is 5.32 Å². The highest BCUT2D eigenvalue weighted by Gasteiger charge is 2.09. The Morgan fingerprint density at radius 3 is 2.25 bits per heavy atom. The molecule has 1 atom stereocenters. The van der Waals surface area contributed by atoms with Crippen molar-refractivity contribution in [3.05, 3.63) is 34.4 Å². The van der Waals surface area contributed by atoms with Crippen LogP contribution in [-0.4, -0.2) is 19.8 Å². The summed E-state index contributed by atoms with van der Waals surface area (Å²) in [7, 11) is 0. The van der Waals surface area contributed by atoms with Gasteiger partial charge in [-0.2, -0.15) is 0 Å². The molecule has 1 aromatic rings. The van der Waals surface area contributed by atoms with Crippen LogP contribution in [0.4, 0.5) is 0 Å². The highest BCUT2D eigenvalue weighted by Crippen LogP contribution is 2.21. The zero-order valence-electron chi connectivity index (χ0n) is 14.0. The average molecular weight is 277 g/mol. The predicted molar refractivity (Wildman–Crippen MR) is 87.3 cm³/mol. The summed E-state index contributed by atoms with van der Waals surface area (Å²) in [5, 5.41) is 3.55. The number of rotatable bonds is 8. The molecule has 2 nitrogen and oxygen atoms in total. The van der Waals surface area contributed by atoms with Crippen LogP contribution in [0.1, 0.15) is 55.5 Å². The van der Waals surface area contributed by atoms with Gasteiger partial charge in [0.2, 0.25) is 0 Å². The number of benzene rings is 1. The van der Waals surface area contributed by atoms with E-state index in [0.29, 0.717) is 6.04 Å². The van der Waals surface area contributed by atoms with E-state index < -0.39 is 0 Å². The molecular weight excluding hydrogens is 246 g/mol. The van der Waals surface area contributed by atoms with E-state index in [1.54, 1.807) is 0 Å².